The summed E-state index contributed by atoms with van der Waals surface area (Å²) in [6, 6.07) is 17.4. The van der Waals surface area contributed by atoms with E-state index in [0.29, 0.717) is 22.9 Å². The Morgan fingerprint density at radius 1 is 1.12 bits per heavy atom. The molecule has 5 aromatic rings. The maximum absolute atomic E-state index is 12.6. The second-order valence-electron chi connectivity index (χ2n) is 7.12. The van der Waals surface area contributed by atoms with E-state index in [1.54, 1.807) is 6.26 Å². The van der Waals surface area contributed by atoms with Gasteiger partial charge in [-0.3, -0.25) is 9.36 Å². The molecule has 0 aliphatic heterocycles. The van der Waals surface area contributed by atoms with Crippen molar-refractivity contribution in [1.29, 1.82) is 0 Å². The van der Waals surface area contributed by atoms with Crippen LogP contribution in [0.5, 0.6) is 0 Å². The quantitative estimate of drug-likeness (QED) is 0.352. The molecule has 5 rings (SSSR count). The van der Waals surface area contributed by atoms with Crippen molar-refractivity contribution in [2.75, 3.05) is 11.1 Å². The monoisotopic (exact) mass is 462 g/mol. The zero-order valence-electron chi connectivity index (χ0n) is 17.1. The van der Waals surface area contributed by atoms with Crippen molar-refractivity contribution in [3.8, 4) is 11.4 Å². The van der Waals surface area contributed by atoms with E-state index in [1.807, 2.05) is 60.0 Å². The highest BCUT2D eigenvalue weighted by molar-refractivity contribution is 7.99. The van der Waals surface area contributed by atoms with Crippen LogP contribution in [0.15, 0.2) is 70.4 Å². The molecule has 0 spiro atoms. The highest BCUT2D eigenvalue weighted by Gasteiger charge is 2.18. The third kappa shape index (κ3) is 4.27. The predicted molar refractivity (Wildman–Crippen MR) is 125 cm³/mol. The Balaban J connectivity index is 1.37. The van der Waals surface area contributed by atoms with Crippen molar-refractivity contribution in [3.05, 3.63) is 72.2 Å². The van der Waals surface area contributed by atoms with E-state index in [9.17, 15) is 4.79 Å². The Hall–Kier alpha value is -3.50. The fraction of sp³-hybridized carbons (Fsp3) is 0.136. The van der Waals surface area contributed by atoms with Gasteiger partial charge in [-0.15, -0.1) is 10.2 Å². The number of carbonyl (C=O) groups is 1. The molecule has 0 fully saturated rings. The van der Waals surface area contributed by atoms with Gasteiger partial charge in [0.15, 0.2) is 11.0 Å². The number of amides is 1. The number of furan rings is 1. The Morgan fingerprint density at radius 2 is 2.03 bits per heavy atom. The van der Waals surface area contributed by atoms with E-state index in [0.717, 1.165) is 40.0 Å². The number of nitrogens with one attached hydrogen (secondary N) is 1. The van der Waals surface area contributed by atoms with Crippen LogP contribution in [0.1, 0.15) is 11.3 Å². The number of benzene rings is 2. The lowest BCUT2D eigenvalue weighted by atomic mass is 10.1. The first kappa shape index (κ1) is 20.4. The Labute approximate surface area is 192 Å². The third-order valence-corrected chi connectivity index (χ3v) is 6.29. The number of aryl methyl sites for hydroxylation is 1. The largest absolute Gasteiger partial charge is 0.467 e. The molecule has 32 heavy (non-hydrogen) atoms. The van der Waals surface area contributed by atoms with Crippen LogP contribution in [0.3, 0.4) is 0 Å². The fourth-order valence-corrected chi connectivity index (χ4v) is 4.60. The standard InChI is InChI=1S/C22H18N6O2S2/c1-14-5-2-6-15(11-14)21-24-25-22(28(21)12-16-7-4-10-30-16)31-13-19(29)23-17-8-3-9-18-20(17)27-32-26-18/h2-11H,12-13H2,1H3,(H,23,29). The molecule has 0 radical (unpaired) electrons. The number of anilines is 1. The molecule has 0 saturated heterocycles. The molecule has 0 bridgehead atoms. The summed E-state index contributed by atoms with van der Waals surface area (Å²) in [5.41, 5.74) is 4.21. The molecule has 10 heteroatoms. The average molecular weight is 463 g/mol. The number of nitrogens with zero attached hydrogens (tertiary/aromatic N) is 5. The van der Waals surface area contributed by atoms with Gasteiger partial charge in [0.05, 0.1) is 36.0 Å². The Bertz CT molecular complexity index is 1380. The van der Waals surface area contributed by atoms with Crippen molar-refractivity contribution >= 4 is 46.1 Å². The van der Waals surface area contributed by atoms with Gasteiger partial charge in [0.2, 0.25) is 5.91 Å². The van der Waals surface area contributed by atoms with Gasteiger partial charge >= 0.3 is 0 Å². The number of aromatic nitrogens is 5. The van der Waals surface area contributed by atoms with Crippen LogP contribution in [-0.2, 0) is 11.3 Å². The van der Waals surface area contributed by atoms with Gasteiger partial charge in [-0.25, -0.2) is 0 Å². The van der Waals surface area contributed by atoms with Crippen molar-refractivity contribution in [1.82, 2.24) is 23.5 Å². The molecule has 2 aromatic carbocycles. The molecular weight excluding hydrogens is 444 g/mol. The summed E-state index contributed by atoms with van der Waals surface area (Å²) in [7, 11) is 0. The van der Waals surface area contributed by atoms with Crippen LogP contribution >= 0.6 is 23.5 Å². The topological polar surface area (TPSA) is 98.7 Å². The lowest BCUT2D eigenvalue weighted by Crippen LogP contribution is -2.15. The van der Waals surface area contributed by atoms with Gasteiger partial charge in [0, 0.05) is 5.56 Å². The van der Waals surface area contributed by atoms with Crippen molar-refractivity contribution in [2.45, 2.75) is 18.6 Å². The van der Waals surface area contributed by atoms with Crippen LogP contribution in [-0.4, -0.2) is 35.2 Å². The third-order valence-electron chi connectivity index (χ3n) is 4.78. The maximum atomic E-state index is 12.6. The summed E-state index contributed by atoms with van der Waals surface area (Å²) in [6.07, 6.45) is 1.64. The molecule has 1 amide bonds. The van der Waals surface area contributed by atoms with Gasteiger partial charge in [0.25, 0.3) is 0 Å². The Kier molecular flexibility index (Phi) is 5.70. The molecule has 160 valence electrons. The normalized spacial score (nSPS) is 11.2. The highest BCUT2D eigenvalue weighted by Crippen LogP contribution is 2.27. The minimum Gasteiger partial charge on any atom is -0.467 e. The highest BCUT2D eigenvalue weighted by atomic mass is 32.2. The van der Waals surface area contributed by atoms with Gasteiger partial charge in [0.1, 0.15) is 16.8 Å². The molecule has 0 aliphatic rings. The van der Waals surface area contributed by atoms with Crippen molar-refractivity contribution < 1.29 is 9.21 Å². The lowest BCUT2D eigenvalue weighted by Gasteiger charge is -2.10. The second-order valence-corrected chi connectivity index (χ2v) is 8.59. The number of fused-ring (bicyclic) bond motifs is 1. The summed E-state index contributed by atoms with van der Waals surface area (Å²) in [5, 5.41) is 12.3. The molecule has 8 nitrogen and oxygen atoms in total. The van der Waals surface area contributed by atoms with Crippen LogP contribution in [0.2, 0.25) is 0 Å². The summed E-state index contributed by atoms with van der Waals surface area (Å²) in [5.74, 6) is 1.54. The van der Waals surface area contributed by atoms with Crippen LogP contribution in [0.25, 0.3) is 22.4 Å². The fourth-order valence-electron chi connectivity index (χ4n) is 3.32. The van der Waals surface area contributed by atoms with Gasteiger partial charge in [-0.05, 0) is 37.3 Å². The minimum atomic E-state index is -0.153. The maximum Gasteiger partial charge on any atom is 0.234 e. The van der Waals surface area contributed by atoms with E-state index >= 15 is 0 Å². The lowest BCUT2D eigenvalue weighted by molar-refractivity contribution is -0.113. The van der Waals surface area contributed by atoms with E-state index in [1.165, 1.54) is 11.8 Å². The van der Waals surface area contributed by atoms with Gasteiger partial charge in [-0.2, -0.15) is 8.75 Å². The molecule has 0 saturated carbocycles. The smallest absolute Gasteiger partial charge is 0.234 e. The number of hydrogen-bond donors (Lipinski definition) is 1. The number of thioether (sulfide) groups is 1. The molecule has 0 aliphatic carbocycles. The number of rotatable bonds is 7. The Morgan fingerprint density at radius 3 is 2.88 bits per heavy atom. The van der Waals surface area contributed by atoms with Crippen LogP contribution in [0, 0.1) is 6.92 Å². The zero-order valence-corrected chi connectivity index (χ0v) is 18.7. The first-order valence-electron chi connectivity index (χ1n) is 9.84. The SMILES string of the molecule is Cc1cccc(-c2nnc(SCC(=O)Nc3cccc4nsnc34)n2Cc2ccco2)c1. The molecule has 0 atom stereocenters. The van der Waals surface area contributed by atoms with E-state index in [-0.39, 0.29) is 11.7 Å². The van der Waals surface area contributed by atoms with Crippen LogP contribution < -0.4 is 5.32 Å². The number of hydrogen-bond acceptors (Lipinski definition) is 8. The summed E-state index contributed by atoms with van der Waals surface area (Å²) >= 11 is 2.45. The predicted octanol–water partition coefficient (Wildman–Crippen LogP) is 4.63. The van der Waals surface area contributed by atoms with E-state index < -0.39 is 0 Å². The van der Waals surface area contributed by atoms with E-state index in [2.05, 4.69) is 30.3 Å². The first-order chi connectivity index (χ1) is 15.7. The average Bonchev–Trinajstić information content (AvgIpc) is 3.54. The van der Waals surface area contributed by atoms with E-state index in [4.69, 9.17) is 4.42 Å². The van der Waals surface area contributed by atoms with Crippen LogP contribution in [0.4, 0.5) is 5.69 Å². The van der Waals surface area contributed by atoms with Gasteiger partial charge < -0.3 is 9.73 Å². The molecule has 3 heterocycles. The number of carbonyl (C=O) groups excluding carboxylic acids is 1. The minimum absolute atomic E-state index is 0.153. The molecule has 0 unspecified atom stereocenters. The molecular formula is C22H18N6O2S2. The first-order valence-corrected chi connectivity index (χ1v) is 11.6. The van der Waals surface area contributed by atoms with Crippen molar-refractivity contribution in [2.24, 2.45) is 0 Å². The van der Waals surface area contributed by atoms with Gasteiger partial charge in [-0.1, -0.05) is 41.6 Å². The summed E-state index contributed by atoms with van der Waals surface area (Å²) in [4.78, 5) is 12.6. The zero-order chi connectivity index (χ0) is 21.9. The second kappa shape index (κ2) is 8.93. The van der Waals surface area contributed by atoms with Crippen molar-refractivity contribution in [3.63, 3.8) is 0 Å². The summed E-state index contributed by atoms with van der Waals surface area (Å²) in [6.45, 7) is 2.51. The summed E-state index contributed by atoms with van der Waals surface area (Å²) < 4.78 is 16.0. The molecule has 1 N–H and O–H groups in total. The molecule has 3 aromatic heterocycles.